The minimum absolute atomic E-state index is 0.0307. The highest BCUT2D eigenvalue weighted by Crippen LogP contribution is 2.19. The number of nitrogens with one attached hydrogen (secondary N) is 2. The number of hydrogen-bond acceptors (Lipinski definition) is 4. The zero-order chi connectivity index (χ0) is 16.8. The van der Waals surface area contributed by atoms with Crippen molar-refractivity contribution in [3.63, 3.8) is 0 Å². The van der Waals surface area contributed by atoms with Gasteiger partial charge in [0.1, 0.15) is 0 Å². The van der Waals surface area contributed by atoms with Crippen molar-refractivity contribution in [2.75, 3.05) is 17.2 Å². The van der Waals surface area contributed by atoms with E-state index in [4.69, 9.17) is 4.74 Å². The summed E-state index contributed by atoms with van der Waals surface area (Å²) >= 11 is 1.40. The zero-order valence-electron chi connectivity index (χ0n) is 13.3. The minimum atomic E-state index is -0.128. The molecule has 1 aromatic carbocycles. The molecule has 0 aliphatic carbocycles. The maximum atomic E-state index is 12.0. The molecule has 0 saturated carbocycles. The second-order valence-electron chi connectivity index (χ2n) is 5.75. The van der Waals surface area contributed by atoms with Crippen molar-refractivity contribution < 1.29 is 14.3 Å². The summed E-state index contributed by atoms with van der Waals surface area (Å²) in [5.41, 5.74) is 1.41. The molecule has 2 N–H and O–H groups in total. The Bertz CT molecular complexity index is 677. The molecule has 3 rings (SSSR count). The van der Waals surface area contributed by atoms with Gasteiger partial charge < -0.3 is 15.4 Å². The number of carbonyl (C=O) groups is 2. The molecule has 1 aliphatic rings. The van der Waals surface area contributed by atoms with Crippen LogP contribution in [0.4, 0.5) is 11.4 Å². The van der Waals surface area contributed by atoms with E-state index in [0.29, 0.717) is 22.7 Å². The highest BCUT2D eigenvalue weighted by molar-refractivity contribution is 7.12. The van der Waals surface area contributed by atoms with Gasteiger partial charge in [0.25, 0.3) is 5.91 Å². The second kappa shape index (κ2) is 8.08. The van der Waals surface area contributed by atoms with Crippen LogP contribution in [-0.4, -0.2) is 24.5 Å². The molecule has 1 aliphatic heterocycles. The van der Waals surface area contributed by atoms with Gasteiger partial charge in [0.05, 0.1) is 17.4 Å². The van der Waals surface area contributed by atoms with E-state index >= 15 is 0 Å². The third kappa shape index (κ3) is 4.66. The number of rotatable bonds is 5. The van der Waals surface area contributed by atoms with Crippen molar-refractivity contribution in [2.24, 2.45) is 0 Å². The van der Waals surface area contributed by atoms with E-state index in [-0.39, 0.29) is 17.9 Å². The molecule has 2 amide bonds. The van der Waals surface area contributed by atoms with Gasteiger partial charge in [-0.3, -0.25) is 9.59 Å². The Morgan fingerprint density at radius 2 is 1.83 bits per heavy atom. The van der Waals surface area contributed by atoms with Crippen LogP contribution in [0.5, 0.6) is 0 Å². The first-order chi connectivity index (χ1) is 11.7. The third-order valence-electron chi connectivity index (χ3n) is 3.86. The van der Waals surface area contributed by atoms with Crippen molar-refractivity contribution in [3.05, 3.63) is 46.7 Å². The van der Waals surface area contributed by atoms with Gasteiger partial charge in [0.2, 0.25) is 5.91 Å². The van der Waals surface area contributed by atoms with E-state index in [0.717, 1.165) is 25.9 Å². The molecule has 0 spiro atoms. The average Bonchev–Trinajstić information content (AvgIpc) is 3.12. The molecule has 1 fully saturated rings. The lowest BCUT2D eigenvalue weighted by molar-refractivity contribution is -0.119. The molecule has 2 heterocycles. The summed E-state index contributed by atoms with van der Waals surface area (Å²) in [6.45, 7) is 0.747. The number of ether oxygens (including phenoxy) is 1. The first-order valence-electron chi connectivity index (χ1n) is 8.07. The summed E-state index contributed by atoms with van der Waals surface area (Å²) in [6, 6.07) is 10.7. The number of amides is 2. The number of thiophene rings is 1. The Morgan fingerprint density at radius 1 is 1.08 bits per heavy atom. The fraction of sp³-hybridized carbons (Fsp3) is 0.333. The van der Waals surface area contributed by atoms with Gasteiger partial charge in [0.15, 0.2) is 0 Å². The summed E-state index contributed by atoms with van der Waals surface area (Å²) in [6.07, 6.45) is 3.56. The van der Waals surface area contributed by atoms with Crippen molar-refractivity contribution >= 4 is 34.5 Å². The lowest BCUT2D eigenvalue weighted by Gasteiger charge is -2.21. The van der Waals surface area contributed by atoms with Gasteiger partial charge in [0, 0.05) is 18.0 Å². The fourth-order valence-corrected chi connectivity index (χ4v) is 3.24. The van der Waals surface area contributed by atoms with Crippen LogP contribution in [0.1, 0.15) is 35.4 Å². The van der Waals surface area contributed by atoms with Crippen molar-refractivity contribution in [1.29, 1.82) is 0 Å². The predicted octanol–water partition coefficient (Wildman–Crippen LogP) is 3.90. The van der Waals surface area contributed by atoms with Crippen LogP contribution in [0.25, 0.3) is 0 Å². The molecular weight excluding hydrogens is 324 g/mol. The van der Waals surface area contributed by atoms with Crippen LogP contribution in [0.3, 0.4) is 0 Å². The van der Waals surface area contributed by atoms with Crippen molar-refractivity contribution in [3.8, 4) is 0 Å². The van der Waals surface area contributed by atoms with Gasteiger partial charge in [-0.15, -0.1) is 11.3 Å². The number of benzene rings is 1. The highest BCUT2D eigenvalue weighted by atomic mass is 32.1. The van der Waals surface area contributed by atoms with Crippen molar-refractivity contribution in [2.45, 2.75) is 31.8 Å². The molecule has 0 radical (unpaired) electrons. The third-order valence-corrected chi connectivity index (χ3v) is 4.73. The van der Waals surface area contributed by atoms with E-state index in [1.807, 2.05) is 11.4 Å². The van der Waals surface area contributed by atoms with Gasteiger partial charge >= 0.3 is 0 Å². The van der Waals surface area contributed by atoms with E-state index in [1.54, 1.807) is 30.3 Å². The molecular formula is C18H20N2O3S. The summed E-state index contributed by atoms with van der Waals surface area (Å²) in [7, 11) is 0. The Balaban J connectivity index is 1.50. The Kier molecular flexibility index (Phi) is 5.61. The number of carbonyl (C=O) groups excluding carboxylic acids is 2. The minimum Gasteiger partial charge on any atom is -0.378 e. The average molecular weight is 344 g/mol. The van der Waals surface area contributed by atoms with Gasteiger partial charge in [-0.25, -0.2) is 0 Å². The first kappa shape index (κ1) is 16.7. The molecule has 1 atom stereocenters. The predicted molar refractivity (Wildman–Crippen MR) is 95.6 cm³/mol. The second-order valence-corrected chi connectivity index (χ2v) is 6.70. The van der Waals surface area contributed by atoms with Crippen LogP contribution < -0.4 is 10.6 Å². The summed E-state index contributed by atoms with van der Waals surface area (Å²) in [5.74, 6) is -0.173. The molecule has 6 heteroatoms. The molecule has 0 bridgehead atoms. The number of anilines is 2. The molecule has 2 aromatic rings. The molecule has 1 saturated heterocycles. The number of hydrogen-bond donors (Lipinski definition) is 2. The maximum absolute atomic E-state index is 12.0. The van der Waals surface area contributed by atoms with Gasteiger partial charge in [-0.2, -0.15) is 0 Å². The Labute approximate surface area is 145 Å². The van der Waals surface area contributed by atoms with E-state index in [2.05, 4.69) is 10.6 Å². The van der Waals surface area contributed by atoms with Gasteiger partial charge in [-0.05, 0) is 55.0 Å². The summed E-state index contributed by atoms with van der Waals surface area (Å²) in [4.78, 5) is 24.7. The molecule has 1 aromatic heterocycles. The van der Waals surface area contributed by atoms with E-state index in [9.17, 15) is 9.59 Å². The first-order valence-corrected chi connectivity index (χ1v) is 8.95. The Morgan fingerprint density at radius 3 is 2.46 bits per heavy atom. The largest absolute Gasteiger partial charge is 0.378 e. The van der Waals surface area contributed by atoms with Gasteiger partial charge in [-0.1, -0.05) is 6.07 Å². The summed E-state index contributed by atoms with van der Waals surface area (Å²) in [5, 5.41) is 7.56. The molecule has 0 unspecified atom stereocenters. The highest BCUT2D eigenvalue weighted by Gasteiger charge is 2.17. The maximum Gasteiger partial charge on any atom is 0.265 e. The fourth-order valence-electron chi connectivity index (χ4n) is 2.62. The monoisotopic (exact) mass is 344 g/mol. The van der Waals surface area contributed by atoms with Crippen LogP contribution in [-0.2, 0) is 9.53 Å². The van der Waals surface area contributed by atoms with E-state index in [1.165, 1.54) is 11.3 Å². The molecule has 126 valence electrons. The lowest BCUT2D eigenvalue weighted by Crippen LogP contribution is -2.25. The topological polar surface area (TPSA) is 67.4 Å². The lowest BCUT2D eigenvalue weighted by atomic mass is 10.1. The quantitative estimate of drug-likeness (QED) is 0.864. The Hall–Kier alpha value is -2.18. The summed E-state index contributed by atoms with van der Waals surface area (Å²) < 4.78 is 5.58. The van der Waals surface area contributed by atoms with E-state index < -0.39 is 0 Å². The van der Waals surface area contributed by atoms with Crippen LogP contribution in [0.2, 0.25) is 0 Å². The van der Waals surface area contributed by atoms with Crippen molar-refractivity contribution in [1.82, 2.24) is 0 Å². The standard InChI is InChI=1S/C18H20N2O3S/c21-17(12-15-4-1-2-10-23-15)19-13-6-8-14(9-7-13)20-18(22)16-5-3-11-24-16/h3,5-9,11,15H,1-2,4,10,12H2,(H,19,21)(H,20,22)/t15-/m1/s1. The SMILES string of the molecule is O=C(C[C@H]1CCCCO1)Nc1ccc(NC(=O)c2cccs2)cc1. The van der Waals surface area contributed by atoms with Crippen LogP contribution >= 0.6 is 11.3 Å². The normalized spacial score (nSPS) is 17.2. The molecule has 5 nitrogen and oxygen atoms in total. The molecule has 24 heavy (non-hydrogen) atoms. The smallest absolute Gasteiger partial charge is 0.265 e. The van der Waals surface area contributed by atoms with Crippen LogP contribution in [0.15, 0.2) is 41.8 Å². The zero-order valence-corrected chi connectivity index (χ0v) is 14.1. The van der Waals surface area contributed by atoms with Crippen LogP contribution in [0, 0.1) is 0 Å².